The van der Waals surface area contributed by atoms with Crippen LogP contribution in [0.3, 0.4) is 0 Å². The fraction of sp³-hybridized carbons (Fsp3) is 0.812. The molecule has 0 N–H and O–H groups in total. The first-order chi connectivity index (χ1) is 10.5. The number of rotatable bonds is 14. The highest BCUT2D eigenvalue weighted by molar-refractivity contribution is 6.55. The third kappa shape index (κ3) is 9.35. The van der Waals surface area contributed by atoms with Gasteiger partial charge < -0.3 is 17.7 Å². The molecule has 0 spiro atoms. The average Bonchev–Trinajstić information content (AvgIpc) is 2.48. The fourth-order valence-electron chi connectivity index (χ4n) is 1.44. The van der Waals surface area contributed by atoms with E-state index in [4.69, 9.17) is 17.7 Å². The van der Waals surface area contributed by atoms with E-state index in [1.165, 1.54) is 0 Å². The molecule has 0 aliphatic heterocycles. The van der Waals surface area contributed by atoms with E-state index in [1.54, 1.807) is 6.92 Å². The lowest BCUT2D eigenvalue weighted by atomic mass is 10.4. The van der Waals surface area contributed by atoms with E-state index >= 15 is 0 Å². The Kier molecular flexibility index (Phi) is 12.4. The van der Waals surface area contributed by atoms with Crippen LogP contribution in [0.5, 0.6) is 0 Å². The summed E-state index contributed by atoms with van der Waals surface area (Å²) in [6.07, 6.45) is 5.57. The van der Waals surface area contributed by atoms with Gasteiger partial charge in [-0.3, -0.25) is 0 Å². The molecule has 0 aliphatic rings. The lowest BCUT2D eigenvalue weighted by Crippen LogP contribution is -2.51. The summed E-state index contributed by atoms with van der Waals surface area (Å²) in [6.45, 7) is 12.8. The zero-order valence-electron chi connectivity index (χ0n) is 14.6. The van der Waals surface area contributed by atoms with Gasteiger partial charge in [0.25, 0.3) is 0 Å². The van der Waals surface area contributed by atoms with E-state index in [-0.39, 0.29) is 0 Å². The van der Waals surface area contributed by atoms with E-state index in [1.807, 2.05) is 0 Å². The Morgan fingerprint density at radius 3 is 1.50 bits per heavy atom. The number of unbranched alkanes of at least 4 members (excludes halogenated alkanes) is 3. The van der Waals surface area contributed by atoms with Crippen LogP contribution in [-0.2, 0) is 22.5 Å². The van der Waals surface area contributed by atoms with Crippen molar-refractivity contribution in [2.45, 2.75) is 66.2 Å². The van der Waals surface area contributed by atoms with Gasteiger partial charge in [-0.25, -0.2) is 4.79 Å². The van der Waals surface area contributed by atoms with E-state index in [9.17, 15) is 4.79 Å². The van der Waals surface area contributed by atoms with Crippen LogP contribution in [0.25, 0.3) is 0 Å². The Bertz CT molecular complexity index is 293. The maximum absolute atomic E-state index is 11.9. The van der Waals surface area contributed by atoms with Gasteiger partial charge in [0.2, 0.25) is 0 Å². The molecule has 0 rings (SSSR count). The Hall–Kier alpha value is -0.693. The van der Waals surface area contributed by atoms with Crippen molar-refractivity contribution < 1.29 is 22.5 Å². The molecule has 0 heterocycles. The SMILES string of the molecule is C=C(C)C(=O)O[Si](OCCCC)(OCCCC)OCCCC. The maximum Gasteiger partial charge on any atom is 0.751 e. The Balaban J connectivity index is 4.91. The molecule has 0 amide bonds. The summed E-state index contributed by atoms with van der Waals surface area (Å²) in [6, 6.07) is 0. The molecule has 130 valence electrons. The van der Waals surface area contributed by atoms with Crippen molar-refractivity contribution in [2.24, 2.45) is 0 Å². The first-order valence-electron chi connectivity index (χ1n) is 8.32. The highest BCUT2D eigenvalue weighted by Crippen LogP contribution is 2.17. The minimum absolute atomic E-state index is 0.314. The van der Waals surface area contributed by atoms with Crippen LogP contribution in [-0.4, -0.2) is 34.8 Å². The highest BCUT2D eigenvalue weighted by atomic mass is 28.4. The van der Waals surface area contributed by atoms with E-state index in [0.717, 1.165) is 38.5 Å². The van der Waals surface area contributed by atoms with Gasteiger partial charge in [0.05, 0.1) is 0 Å². The van der Waals surface area contributed by atoms with E-state index in [2.05, 4.69) is 27.4 Å². The molecular formula is C16H32O5Si. The smallest absolute Gasteiger partial charge is 0.448 e. The molecule has 0 atom stereocenters. The third-order valence-electron chi connectivity index (χ3n) is 2.90. The molecule has 0 aromatic rings. The van der Waals surface area contributed by atoms with Crippen LogP contribution in [0.1, 0.15) is 66.2 Å². The summed E-state index contributed by atoms with van der Waals surface area (Å²) < 4.78 is 22.9. The van der Waals surface area contributed by atoms with Crippen LogP contribution in [0.4, 0.5) is 0 Å². The second-order valence-electron chi connectivity index (χ2n) is 5.28. The normalized spacial score (nSPS) is 11.5. The maximum atomic E-state index is 11.9. The zero-order valence-corrected chi connectivity index (χ0v) is 15.6. The average molecular weight is 333 g/mol. The monoisotopic (exact) mass is 332 g/mol. The predicted molar refractivity (Wildman–Crippen MR) is 89.2 cm³/mol. The summed E-state index contributed by atoms with van der Waals surface area (Å²) in [7, 11) is -3.44. The van der Waals surface area contributed by atoms with Crippen LogP contribution >= 0.6 is 0 Å². The standard InChI is InChI=1S/C16H32O5Si/c1-6-9-12-18-22(19-13-10-7-2,20-14-11-8-3)21-16(17)15(4)5/h4,6-14H2,1-3,5H3. The molecule has 22 heavy (non-hydrogen) atoms. The lowest BCUT2D eigenvalue weighted by molar-refractivity contribution is -0.140. The first-order valence-corrected chi connectivity index (χ1v) is 9.95. The molecule has 0 saturated carbocycles. The van der Waals surface area contributed by atoms with Gasteiger partial charge in [-0.1, -0.05) is 46.6 Å². The molecule has 0 saturated heterocycles. The zero-order chi connectivity index (χ0) is 16.8. The first kappa shape index (κ1) is 21.3. The van der Waals surface area contributed by atoms with Crippen molar-refractivity contribution in [3.05, 3.63) is 12.2 Å². The fourth-order valence-corrected chi connectivity index (χ4v) is 3.45. The number of hydrogen-bond acceptors (Lipinski definition) is 5. The molecule has 0 aliphatic carbocycles. The van der Waals surface area contributed by atoms with Gasteiger partial charge in [-0.05, 0) is 26.2 Å². The van der Waals surface area contributed by atoms with Crippen molar-refractivity contribution in [2.75, 3.05) is 19.8 Å². The third-order valence-corrected chi connectivity index (χ3v) is 5.00. The molecule has 0 aromatic heterocycles. The van der Waals surface area contributed by atoms with Crippen molar-refractivity contribution in [3.63, 3.8) is 0 Å². The molecule has 5 nitrogen and oxygen atoms in total. The van der Waals surface area contributed by atoms with E-state index in [0.29, 0.717) is 25.4 Å². The molecule has 0 unspecified atom stereocenters. The molecule has 0 fully saturated rings. The summed E-state index contributed by atoms with van der Waals surface area (Å²) in [4.78, 5) is 11.9. The topological polar surface area (TPSA) is 54.0 Å². The summed E-state index contributed by atoms with van der Waals surface area (Å²) in [5.41, 5.74) is 0.314. The molecule has 0 radical (unpaired) electrons. The second-order valence-corrected chi connectivity index (χ2v) is 7.35. The number of carbonyl (C=O) groups is 1. The predicted octanol–water partition coefficient (Wildman–Crippen LogP) is 3.99. The lowest BCUT2D eigenvalue weighted by Gasteiger charge is -2.27. The van der Waals surface area contributed by atoms with Crippen molar-refractivity contribution >= 4 is 15.0 Å². The van der Waals surface area contributed by atoms with Crippen molar-refractivity contribution in [3.8, 4) is 0 Å². The van der Waals surface area contributed by atoms with Gasteiger partial charge >= 0.3 is 15.0 Å². The Morgan fingerprint density at radius 1 is 0.864 bits per heavy atom. The van der Waals surface area contributed by atoms with Gasteiger partial charge in [-0.2, -0.15) is 0 Å². The van der Waals surface area contributed by atoms with Gasteiger partial charge in [-0.15, -0.1) is 0 Å². The Morgan fingerprint density at radius 2 is 1.23 bits per heavy atom. The largest absolute Gasteiger partial charge is 0.751 e. The van der Waals surface area contributed by atoms with Gasteiger partial charge in [0, 0.05) is 25.4 Å². The minimum Gasteiger partial charge on any atom is -0.448 e. The minimum atomic E-state index is -3.44. The second kappa shape index (κ2) is 12.8. The number of carbonyl (C=O) groups excluding carboxylic acids is 1. The van der Waals surface area contributed by atoms with Gasteiger partial charge in [0.15, 0.2) is 0 Å². The highest BCUT2D eigenvalue weighted by Gasteiger charge is 2.50. The summed E-state index contributed by atoms with van der Waals surface area (Å²) in [5, 5.41) is 0. The van der Waals surface area contributed by atoms with Crippen LogP contribution in [0, 0.1) is 0 Å². The summed E-state index contributed by atoms with van der Waals surface area (Å²) in [5.74, 6) is -0.517. The van der Waals surface area contributed by atoms with E-state index < -0.39 is 15.0 Å². The molecular weight excluding hydrogens is 300 g/mol. The van der Waals surface area contributed by atoms with Gasteiger partial charge in [0.1, 0.15) is 0 Å². The van der Waals surface area contributed by atoms with Crippen LogP contribution in [0.2, 0.25) is 0 Å². The van der Waals surface area contributed by atoms with Crippen LogP contribution < -0.4 is 0 Å². The summed E-state index contributed by atoms with van der Waals surface area (Å²) >= 11 is 0. The molecule has 0 bridgehead atoms. The molecule has 0 aromatic carbocycles. The Labute approximate surface area is 136 Å². The van der Waals surface area contributed by atoms with Crippen LogP contribution in [0.15, 0.2) is 12.2 Å². The van der Waals surface area contributed by atoms with Crippen molar-refractivity contribution in [1.82, 2.24) is 0 Å². The number of hydrogen-bond donors (Lipinski definition) is 0. The molecule has 6 heteroatoms. The van der Waals surface area contributed by atoms with Crippen molar-refractivity contribution in [1.29, 1.82) is 0 Å². The quantitative estimate of drug-likeness (QED) is 0.273.